The highest BCUT2D eigenvalue weighted by Crippen LogP contribution is 2.19. The van der Waals surface area contributed by atoms with Crippen LogP contribution >= 0.6 is 15.9 Å². The third kappa shape index (κ3) is 2.41. The SMILES string of the molecule is Cc1c(CN2CCNCC2)nn(C)c1Br. The predicted molar refractivity (Wildman–Crippen MR) is 63.8 cm³/mol. The van der Waals surface area contributed by atoms with Crippen LogP contribution in [-0.4, -0.2) is 40.9 Å². The predicted octanol–water partition coefficient (Wildman–Crippen LogP) is 0.896. The molecular weight excluding hydrogens is 256 g/mol. The van der Waals surface area contributed by atoms with Gasteiger partial charge >= 0.3 is 0 Å². The fourth-order valence-electron chi connectivity index (χ4n) is 1.89. The van der Waals surface area contributed by atoms with Gasteiger partial charge < -0.3 is 5.32 Å². The average molecular weight is 273 g/mol. The van der Waals surface area contributed by atoms with Crippen LogP contribution in [0.4, 0.5) is 0 Å². The van der Waals surface area contributed by atoms with E-state index in [-0.39, 0.29) is 0 Å². The Morgan fingerprint density at radius 3 is 2.60 bits per heavy atom. The average Bonchev–Trinajstić information content (AvgIpc) is 2.48. The summed E-state index contributed by atoms with van der Waals surface area (Å²) < 4.78 is 2.99. The molecule has 2 rings (SSSR count). The first-order chi connectivity index (χ1) is 7.18. The Labute approximate surface area is 98.8 Å². The van der Waals surface area contributed by atoms with Gasteiger partial charge in [-0.15, -0.1) is 0 Å². The minimum Gasteiger partial charge on any atom is -0.314 e. The molecule has 1 fully saturated rings. The lowest BCUT2D eigenvalue weighted by atomic mass is 10.2. The highest BCUT2D eigenvalue weighted by Gasteiger charge is 2.15. The number of rotatable bonds is 2. The lowest BCUT2D eigenvalue weighted by Crippen LogP contribution is -2.43. The maximum atomic E-state index is 4.51. The van der Waals surface area contributed by atoms with Crippen molar-refractivity contribution >= 4 is 15.9 Å². The molecule has 0 amide bonds. The second kappa shape index (κ2) is 4.63. The summed E-state index contributed by atoms with van der Waals surface area (Å²) >= 11 is 3.53. The van der Waals surface area contributed by atoms with Crippen molar-refractivity contribution in [1.29, 1.82) is 0 Å². The highest BCUT2D eigenvalue weighted by molar-refractivity contribution is 9.10. The molecule has 1 aliphatic rings. The molecule has 1 aromatic rings. The van der Waals surface area contributed by atoms with Crippen molar-refractivity contribution < 1.29 is 0 Å². The monoisotopic (exact) mass is 272 g/mol. The number of hydrogen-bond donors (Lipinski definition) is 1. The van der Waals surface area contributed by atoms with Crippen LogP contribution in [0.15, 0.2) is 4.60 Å². The van der Waals surface area contributed by atoms with Gasteiger partial charge in [-0.3, -0.25) is 9.58 Å². The molecule has 15 heavy (non-hydrogen) atoms. The molecule has 1 N–H and O–H groups in total. The van der Waals surface area contributed by atoms with Crippen LogP contribution in [0.5, 0.6) is 0 Å². The van der Waals surface area contributed by atoms with Gasteiger partial charge in [0, 0.05) is 45.3 Å². The molecule has 0 atom stereocenters. The molecule has 0 aliphatic carbocycles. The number of halogens is 1. The maximum absolute atomic E-state index is 4.51. The summed E-state index contributed by atoms with van der Waals surface area (Å²) in [7, 11) is 1.97. The van der Waals surface area contributed by atoms with Gasteiger partial charge in [-0.05, 0) is 22.9 Å². The molecule has 2 heterocycles. The van der Waals surface area contributed by atoms with E-state index in [1.54, 1.807) is 0 Å². The second-order valence-electron chi connectivity index (χ2n) is 4.01. The van der Waals surface area contributed by atoms with Crippen LogP contribution in [-0.2, 0) is 13.6 Å². The molecule has 1 aromatic heterocycles. The zero-order chi connectivity index (χ0) is 10.8. The summed E-state index contributed by atoms with van der Waals surface area (Å²) in [4.78, 5) is 2.44. The van der Waals surface area contributed by atoms with Gasteiger partial charge in [0.25, 0.3) is 0 Å². The van der Waals surface area contributed by atoms with Crippen molar-refractivity contribution in [3.05, 3.63) is 15.9 Å². The van der Waals surface area contributed by atoms with Crippen LogP contribution in [0.1, 0.15) is 11.3 Å². The fourth-order valence-corrected chi connectivity index (χ4v) is 2.20. The molecule has 0 saturated carbocycles. The zero-order valence-electron chi connectivity index (χ0n) is 9.26. The van der Waals surface area contributed by atoms with Crippen LogP contribution in [0, 0.1) is 6.92 Å². The van der Waals surface area contributed by atoms with Gasteiger partial charge in [-0.2, -0.15) is 5.10 Å². The molecule has 4 nitrogen and oxygen atoms in total. The van der Waals surface area contributed by atoms with E-state index in [0.717, 1.165) is 37.3 Å². The van der Waals surface area contributed by atoms with E-state index in [1.165, 1.54) is 11.3 Å². The van der Waals surface area contributed by atoms with Gasteiger partial charge in [-0.1, -0.05) is 0 Å². The number of nitrogens with zero attached hydrogens (tertiary/aromatic N) is 3. The highest BCUT2D eigenvalue weighted by atomic mass is 79.9. The summed E-state index contributed by atoms with van der Waals surface area (Å²) in [6.45, 7) is 7.50. The van der Waals surface area contributed by atoms with E-state index in [1.807, 2.05) is 11.7 Å². The van der Waals surface area contributed by atoms with E-state index < -0.39 is 0 Å². The van der Waals surface area contributed by atoms with Gasteiger partial charge in [-0.25, -0.2) is 0 Å². The smallest absolute Gasteiger partial charge is 0.106 e. The topological polar surface area (TPSA) is 33.1 Å². The number of piperazine rings is 1. The summed E-state index contributed by atoms with van der Waals surface area (Å²) in [6.07, 6.45) is 0. The lowest BCUT2D eigenvalue weighted by molar-refractivity contribution is 0.230. The number of aryl methyl sites for hydroxylation is 1. The molecule has 5 heteroatoms. The summed E-state index contributed by atoms with van der Waals surface area (Å²) in [5, 5.41) is 7.87. The van der Waals surface area contributed by atoms with Crippen molar-refractivity contribution in [3.8, 4) is 0 Å². The first kappa shape index (κ1) is 11.1. The minimum atomic E-state index is 0.965. The van der Waals surface area contributed by atoms with E-state index in [0.29, 0.717) is 0 Å². The molecule has 0 bridgehead atoms. The van der Waals surface area contributed by atoms with Crippen molar-refractivity contribution in [3.63, 3.8) is 0 Å². The molecule has 0 spiro atoms. The third-order valence-corrected chi connectivity index (χ3v) is 3.99. The van der Waals surface area contributed by atoms with Crippen LogP contribution in [0.25, 0.3) is 0 Å². The van der Waals surface area contributed by atoms with Crippen molar-refractivity contribution in [2.45, 2.75) is 13.5 Å². The van der Waals surface area contributed by atoms with Gasteiger partial charge in [0.1, 0.15) is 4.60 Å². The van der Waals surface area contributed by atoms with E-state index in [2.05, 4.69) is 38.2 Å². The standard InChI is InChI=1S/C10H17BrN4/c1-8-9(13-14(2)10(8)11)7-15-5-3-12-4-6-15/h12H,3-7H2,1-2H3. The molecular formula is C10H17BrN4. The Morgan fingerprint density at radius 2 is 2.07 bits per heavy atom. The number of nitrogens with one attached hydrogen (secondary N) is 1. The van der Waals surface area contributed by atoms with Crippen molar-refractivity contribution in [2.75, 3.05) is 26.2 Å². The zero-order valence-corrected chi connectivity index (χ0v) is 10.8. The van der Waals surface area contributed by atoms with Gasteiger partial charge in [0.2, 0.25) is 0 Å². The lowest BCUT2D eigenvalue weighted by Gasteiger charge is -2.26. The quantitative estimate of drug-likeness (QED) is 0.869. The van der Waals surface area contributed by atoms with Crippen LogP contribution in [0.3, 0.4) is 0 Å². The summed E-state index contributed by atoms with van der Waals surface area (Å²) in [5.74, 6) is 0. The Balaban J connectivity index is 2.06. The molecule has 84 valence electrons. The van der Waals surface area contributed by atoms with Gasteiger partial charge in [0.05, 0.1) is 5.69 Å². The summed E-state index contributed by atoms with van der Waals surface area (Å²) in [5.41, 5.74) is 2.45. The van der Waals surface area contributed by atoms with E-state index in [9.17, 15) is 0 Å². The second-order valence-corrected chi connectivity index (χ2v) is 4.76. The molecule has 0 unspecified atom stereocenters. The molecule has 1 saturated heterocycles. The van der Waals surface area contributed by atoms with Crippen LogP contribution < -0.4 is 5.32 Å². The Kier molecular flexibility index (Phi) is 3.43. The molecule has 1 aliphatic heterocycles. The van der Waals surface area contributed by atoms with Gasteiger partial charge in [0.15, 0.2) is 0 Å². The molecule has 0 radical (unpaired) electrons. The number of hydrogen-bond acceptors (Lipinski definition) is 3. The largest absolute Gasteiger partial charge is 0.314 e. The Bertz CT molecular complexity index is 341. The normalized spacial score (nSPS) is 18.3. The first-order valence-corrected chi connectivity index (χ1v) is 6.09. The van der Waals surface area contributed by atoms with E-state index >= 15 is 0 Å². The molecule has 0 aromatic carbocycles. The third-order valence-electron chi connectivity index (χ3n) is 2.88. The van der Waals surface area contributed by atoms with Crippen LogP contribution in [0.2, 0.25) is 0 Å². The van der Waals surface area contributed by atoms with Crippen molar-refractivity contribution in [1.82, 2.24) is 20.0 Å². The number of aromatic nitrogens is 2. The summed E-state index contributed by atoms with van der Waals surface area (Å²) in [6, 6.07) is 0. The maximum Gasteiger partial charge on any atom is 0.106 e. The fraction of sp³-hybridized carbons (Fsp3) is 0.700. The minimum absolute atomic E-state index is 0.965. The van der Waals surface area contributed by atoms with E-state index in [4.69, 9.17) is 0 Å². The Morgan fingerprint density at radius 1 is 1.40 bits per heavy atom. The van der Waals surface area contributed by atoms with Crippen molar-refractivity contribution in [2.24, 2.45) is 7.05 Å². The first-order valence-electron chi connectivity index (χ1n) is 5.29. The Hall–Kier alpha value is -0.390.